The second-order valence-electron chi connectivity index (χ2n) is 2.16. The molecular weight excluding hydrogens is 122 g/mol. The van der Waals surface area contributed by atoms with E-state index in [0.717, 1.165) is 0 Å². The number of aryl methyl sites for hydroxylation is 2. The van der Waals surface area contributed by atoms with Gasteiger partial charge in [-0.15, -0.1) is 0 Å². The fraction of sp³-hybridized carbons (Fsp3) is 0.222. The highest BCUT2D eigenvalue weighted by Gasteiger charge is 1.80. The molecule has 0 aliphatic carbocycles. The Labute approximate surface area is 61.9 Å². The third-order valence-corrected chi connectivity index (χ3v) is 1.17. The summed E-state index contributed by atoms with van der Waals surface area (Å²) >= 11 is 0. The fourth-order valence-electron chi connectivity index (χ4n) is 0.807. The van der Waals surface area contributed by atoms with Crippen molar-refractivity contribution < 1.29 is 0 Å². The maximum Gasteiger partial charge on any atom is -0.0398 e. The van der Waals surface area contributed by atoms with Crippen LogP contribution in [0.1, 0.15) is 11.1 Å². The number of nitrogens with zero attached hydrogens (tertiary/aromatic N) is 1. The Kier molecular flexibility index (Phi) is 3.99. The van der Waals surface area contributed by atoms with Crippen LogP contribution in [0, 0.1) is 25.7 Å². The minimum atomic E-state index is 1.34. The Morgan fingerprint density at radius 2 is 1.50 bits per heavy atom. The summed E-state index contributed by atoms with van der Waals surface area (Å²) in [5, 5.41) is 6.25. The molecule has 0 bridgehead atoms. The van der Waals surface area contributed by atoms with Gasteiger partial charge in [-0.2, -0.15) is 0 Å². The average Bonchev–Trinajstić information content (AvgIpc) is 1.91. The third kappa shape index (κ3) is 2.88. The fourth-order valence-corrected chi connectivity index (χ4v) is 0.807. The molecule has 0 N–H and O–H groups in total. The van der Waals surface area contributed by atoms with Gasteiger partial charge in [-0.05, 0) is 13.8 Å². The number of hydrogen-bond donors (Lipinski definition) is 0. The molecule has 1 rings (SSSR count). The van der Waals surface area contributed by atoms with Gasteiger partial charge in [0.15, 0.2) is 0 Å². The average molecular weight is 132 g/mol. The first-order valence-electron chi connectivity index (χ1n) is 3.04. The lowest BCUT2D eigenvalue weighted by molar-refractivity contribution is 1.39. The van der Waals surface area contributed by atoms with E-state index in [-0.39, 0.29) is 0 Å². The molecule has 0 saturated carbocycles. The molecule has 52 valence electrons. The van der Waals surface area contributed by atoms with Crippen LogP contribution in [0.5, 0.6) is 0 Å². The summed E-state index contributed by atoms with van der Waals surface area (Å²) in [6, 6.07) is 8.45. The standard InChI is InChI=1S/C8H10.CN/c1-7-4-3-5-8(2)6-7;1-2/h3-6H,1-2H3;/q;-1. The zero-order valence-electron chi connectivity index (χ0n) is 6.26. The Morgan fingerprint density at radius 3 is 1.70 bits per heavy atom. The van der Waals surface area contributed by atoms with E-state index >= 15 is 0 Å². The first-order valence-corrected chi connectivity index (χ1v) is 3.04. The molecule has 10 heavy (non-hydrogen) atoms. The lowest BCUT2D eigenvalue weighted by Gasteiger charge is -1.90. The van der Waals surface area contributed by atoms with Crippen LogP contribution in [0.15, 0.2) is 24.3 Å². The zero-order chi connectivity index (χ0) is 7.98. The molecule has 0 fully saturated rings. The van der Waals surface area contributed by atoms with E-state index in [1.54, 1.807) is 0 Å². The highest BCUT2D eigenvalue weighted by Crippen LogP contribution is 2.00. The van der Waals surface area contributed by atoms with Crippen LogP contribution in [0.2, 0.25) is 0 Å². The Hall–Kier alpha value is -1.29. The van der Waals surface area contributed by atoms with Crippen LogP contribution in [0.3, 0.4) is 0 Å². The van der Waals surface area contributed by atoms with Gasteiger partial charge in [0.05, 0.1) is 0 Å². The molecule has 1 aromatic carbocycles. The third-order valence-electron chi connectivity index (χ3n) is 1.17. The monoisotopic (exact) mass is 132 g/mol. The zero-order valence-corrected chi connectivity index (χ0v) is 6.26. The van der Waals surface area contributed by atoms with E-state index in [0.29, 0.717) is 0 Å². The minimum Gasteiger partial charge on any atom is -0.512 e. The molecule has 0 unspecified atom stereocenters. The van der Waals surface area contributed by atoms with Gasteiger partial charge in [0.1, 0.15) is 0 Å². The lowest BCUT2D eigenvalue weighted by atomic mass is 10.2. The van der Waals surface area contributed by atoms with Gasteiger partial charge in [0, 0.05) is 0 Å². The van der Waals surface area contributed by atoms with Crippen LogP contribution in [0.25, 0.3) is 0 Å². The molecular formula is C9H10N-. The summed E-state index contributed by atoms with van der Waals surface area (Å²) in [5.41, 5.74) is 2.68. The number of hydrogen-bond acceptors (Lipinski definition) is 1. The molecule has 0 aromatic heterocycles. The maximum atomic E-state index is 6.25. The van der Waals surface area contributed by atoms with Crippen molar-refractivity contribution >= 4 is 0 Å². The molecule has 1 aromatic rings. The predicted molar refractivity (Wildman–Crippen MR) is 40.9 cm³/mol. The summed E-state index contributed by atoms with van der Waals surface area (Å²) in [7, 11) is 0. The van der Waals surface area contributed by atoms with Crippen LogP contribution in [-0.2, 0) is 0 Å². The van der Waals surface area contributed by atoms with Gasteiger partial charge in [0.25, 0.3) is 0 Å². The highest BCUT2D eigenvalue weighted by molar-refractivity contribution is 5.20. The van der Waals surface area contributed by atoms with E-state index in [4.69, 9.17) is 11.8 Å². The van der Waals surface area contributed by atoms with Crippen LogP contribution >= 0.6 is 0 Å². The van der Waals surface area contributed by atoms with Crippen LogP contribution in [0.4, 0.5) is 0 Å². The Bertz CT molecular complexity index is 196. The first kappa shape index (κ1) is 8.71. The summed E-state index contributed by atoms with van der Waals surface area (Å²) < 4.78 is 0. The van der Waals surface area contributed by atoms with Crippen molar-refractivity contribution in [2.75, 3.05) is 0 Å². The van der Waals surface area contributed by atoms with E-state index in [1.807, 2.05) is 0 Å². The van der Waals surface area contributed by atoms with Crippen molar-refractivity contribution in [2.45, 2.75) is 13.8 Å². The topological polar surface area (TPSA) is 23.8 Å². The van der Waals surface area contributed by atoms with Crippen LogP contribution < -0.4 is 0 Å². The smallest absolute Gasteiger partial charge is 0.0398 e. The molecule has 1 heteroatoms. The van der Waals surface area contributed by atoms with Crippen molar-refractivity contribution in [3.05, 3.63) is 42.0 Å². The number of rotatable bonds is 0. The van der Waals surface area contributed by atoms with Gasteiger partial charge >= 0.3 is 0 Å². The van der Waals surface area contributed by atoms with Gasteiger partial charge < -0.3 is 11.8 Å². The molecule has 0 spiro atoms. The van der Waals surface area contributed by atoms with Crippen molar-refractivity contribution in [3.63, 3.8) is 0 Å². The van der Waals surface area contributed by atoms with Crippen molar-refractivity contribution in [3.8, 4) is 0 Å². The van der Waals surface area contributed by atoms with Crippen molar-refractivity contribution in [1.82, 2.24) is 0 Å². The largest absolute Gasteiger partial charge is 0.512 e. The van der Waals surface area contributed by atoms with Gasteiger partial charge in [0.2, 0.25) is 0 Å². The quantitative estimate of drug-likeness (QED) is 0.497. The Balaban J connectivity index is 0.000000371. The first-order chi connectivity index (χ1) is 4.79. The second-order valence-corrected chi connectivity index (χ2v) is 2.16. The van der Waals surface area contributed by atoms with E-state index in [9.17, 15) is 0 Å². The highest BCUT2D eigenvalue weighted by atomic mass is 14.2. The molecule has 0 heterocycles. The summed E-state index contributed by atoms with van der Waals surface area (Å²) in [4.78, 5) is 0. The molecule has 1 nitrogen and oxygen atoms in total. The Morgan fingerprint density at radius 1 is 1.10 bits per heavy atom. The van der Waals surface area contributed by atoms with Crippen molar-refractivity contribution in [1.29, 1.82) is 5.26 Å². The summed E-state index contributed by atoms with van der Waals surface area (Å²) in [6.45, 7) is 8.96. The van der Waals surface area contributed by atoms with Gasteiger partial charge in [-0.25, -0.2) is 0 Å². The maximum absolute atomic E-state index is 6.25. The molecule has 0 aliphatic rings. The normalized spacial score (nSPS) is 7.60. The minimum absolute atomic E-state index is 1.34. The lowest BCUT2D eigenvalue weighted by Crippen LogP contribution is -1.71. The molecule has 0 aliphatic heterocycles. The van der Waals surface area contributed by atoms with E-state index < -0.39 is 0 Å². The second kappa shape index (κ2) is 4.58. The molecule has 0 saturated heterocycles. The predicted octanol–water partition coefficient (Wildman–Crippen LogP) is 2.40. The van der Waals surface area contributed by atoms with Crippen LogP contribution in [-0.4, -0.2) is 0 Å². The SMILES string of the molecule is Cc1cccc(C)c1.[C-]#N. The van der Waals surface area contributed by atoms with E-state index in [1.165, 1.54) is 11.1 Å². The molecule has 0 atom stereocenters. The number of benzene rings is 1. The van der Waals surface area contributed by atoms with Gasteiger partial charge in [-0.1, -0.05) is 35.4 Å². The molecule has 0 amide bonds. The summed E-state index contributed by atoms with van der Waals surface area (Å²) in [5.74, 6) is 0. The van der Waals surface area contributed by atoms with Gasteiger partial charge in [-0.3, -0.25) is 0 Å². The van der Waals surface area contributed by atoms with Crippen molar-refractivity contribution in [2.24, 2.45) is 0 Å². The molecule has 0 radical (unpaired) electrons. The van der Waals surface area contributed by atoms with E-state index in [2.05, 4.69) is 38.1 Å². The summed E-state index contributed by atoms with van der Waals surface area (Å²) in [6.07, 6.45) is 0.